The molecule has 0 fully saturated rings. The van der Waals surface area contributed by atoms with Crippen LogP contribution in [0, 0.1) is 0 Å². The molecule has 2 heterocycles. The lowest BCUT2D eigenvalue weighted by atomic mass is 10.1. The fourth-order valence-corrected chi connectivity index (χ4v) is 2.76. The Hall–Kier alpha value is -3.08. The zero-order valence-electron chi connectivity index (χ0n) is 12.9. The van der Waals surface area contributed by atoms with Gasteiger partial charge in [0, 0.05) is 17.8 Å². The molecule has 1 aromatic heterocycles. The standard InChI is InChI=1S/C19H16N2O3/c22-19(16-11-20-9-13-5-1-2-6-15(13)16)21-10-14-12-23-17-7-3-4-8-18(17)24-14/h1-9,11,14H,10,12H2,(H,21,22). The minimum absolute atomic E-state index is 0.165. The molecular weight excluding hydrogens is 304 g/mol. The summed E-state index contributed by atoms with van der Waals surface area (Å²) in [5, 5.41) is 4.73. The van der Waals surface area contributed by atoms with E-state index in [4.69, 9.17) is 9.47 Å². The third-order valence-corrected chi connectivity index (χ3v) is 3.97. The Morgan fingerprint density at radius 1 is 1.08 bits per heavy atom. The molecule has 24 heavy (non-hydrogen) atoms. The van der Waals surface area contributed by atoms with Crippen LogP contribution in [0.2, 0.25) is 0 Å². The van der Waals surface area contributed by atoms with E-state index in [-0.39, 0.29) is 12.0 Å². The predicted molar refractivity (Wildman–Crippen MR) is 90.4 cm³/mol. The third kappa shape index (κ3) is 2.76. The van der Waals surface area contributed by atoms with E-state index in [1.807, 2.05) is 48.5 Å². The SMILES string of the molecule is O=C(NCC1COc2ccccc2O1)c1cncc2ccccc12. The number of rotatable bonds is 3. The smallest absolute Gasteiger partial charge is 0.253 e. The number of hydrogen-bond acceptors (Lipinski definition) is 4. The Balaban J connectivity index is 1.45. The molecule has 1 N–H and O–H groups in total. The van der Waals surface area contributed by atoms with Crippen LogP contribution in [0.15, 0.2) is 60.9 Å². The quantitative estimate of drug-likeness (QED) is 0.806. The highest BCUT2D eigenvalue weighted by molar-refractivity contribution is 6.06. The Morgan fingerprint density at radius 2 is 1.88 bits per heavy atom. The number of carbonyl (C=O) groups is 1. The summed E-state index contributed by atoms with van der Waals surface area (Å²) in [6, 6.07) is 15.2. The van der Waals surface area contributed by atoms with Crippen LogP contribution in [0.4, 0.5) is 0 Å². The summed E-state index contributed by atoms with van der Waals surface area (Å²) in [6.07, 6.45) is 3.12. The van der Waals surface area contributed by atoms with Crippen molar-refractivity contribution in [2.45, 2.75) is 6.10 Å². The van der Waals surface area contributed by atoms with Crippen LogP contribution in [0.3, 0.4) is 0 Å². The summed E-state index contributed by atoms with van der Waals surface area (Å²) >= 11 is 0. The van der Waals surface area contributed by atoms with Gasteiger partial charge in [0.1, 0.15) is 12.7 Å². The van der Waals surface area contributed by atoms with Gasteiger partial charge in [-0.25, -0.2) is 0 Å². The molecule has 0 saturated carbocycles. The van der Waals surface area contributed by atoms with Crippen molar-refractivity contribution < 1.29 is 14.3 Å². The highest BCUT2D eigenvalue weighted by Crippen LogP contribution is 2.30. The molecule has 0 aliphatic carbocycles. The molecule has 1 amide bonds. The van der Waals surface area contributed by atoms with Crippen LogP contribution in [0.1, 0.15) is 10.4 Å². The van der Waals surface area contributed by atoms with Gasteiger partial charge < -0.3 is 14.8 Å². The Bertz CT molecular complexity index is 889. The molecule has 1 aliphatic heterocycles. The number of ether oxygens (including phenoxy) is 2. The predicted octanol–water partition coefficient (Wildman–Crippen LogP) is 2.80. The molecule has 1 atom stereocenters. The lowest BCUT2D eigenvalue weighted by Gasteiger charge is -2.26. The molecule has 120 valence electrons. The van der Waals surface area contributed by atoms with Gasteiger partial charge in [-0.3, -0.25) is 9.78 Å². The monoisotopic (exact) mass is 320 g/mol. The van der Waals surface area contributed by atoms with Gasteiger partial charge in [-0.1, -0.05) is 36.4 Å². The second-order valence-corrected chi connectivity index (χ2v) is 5.62. The molecular formula is C19H16N2O3. The molecule has 1 aliphatic rings. The highest BCUT2D eigenvalue weighted by Gasteiger charge is 2.21. The second kappa shape index (κ2) is 6.20. The van der Waals surface area contributed by atoms with E-state index in [1.54, 1.807) is 12.4 Å². The van der Waals surface area contributed by atoms with Crippen LogP contribution in [-0.2, 0) is 0 Å². The largest absolute Gasteiger partial charge is 0.486 e. The van der Waals surface area contributed by atoms with Gasteiger partial charge in [0.05, 0.1) is 12.1 Å². The number of fused-ring (bicyclic) bond motifs is 2. The molecule has 0 radical (unpaired) electrons. The zero-order chi connectivity index (χ0) is 16.4. The van der Waals surface area contributed by atoms with Crippen molar-refractivity contribution >= 4 is 16.7 Å². The fraction of sp³-hybridized carbons (Fsp3) is 0.158. The fourth-order valence-electron chi connectivity index (χ4n) is 2.76. The van der Waals surface area contributed by atoms with E-state index in [1.165, 1.54) is 0 Å². The van der Waals surface area contributed by atoms with Gasteiger partial charge in [0.15, 0.2) is 11.5 Å². The van der Waals surface area contributed by atoms with Crippen molar-refractivity contribution in [1.82, 2.24) is 10.3 Å². The van der Waals surface area contributed by atoms with Gasteiger partial charge in [-0.05, 0) is 17.5 Å². The van der Waals surface area contributed by atoms with Crippen molar-refractivity contribution in [3.05, 3.63) is 66.5 Å². The second-order valence-electron chi connectivity index (χ2n) is 5.62. The van der Waals surface area contributed by atoms with Crippen molar-refractivity contribution in [3.63, 3.8) is 0 Å². The third-order valence-electron chi connectivity index (χ3n) is 3.97. The summed E-state index contributed by atoms with van der Waals surface area (Å²) in [5.41, 5.74) is 0.560. The summed E-state index contributed by atoms with van der Waals surface area (Å²) in [4.78, 5) is 16.6. The number of benzene rings is 2. The summed E-state index contributed by atoms with van der Waals surface area (Å²) < 4.78 is 11.5. The average Bonchev–Trinajstić information content (AvgIpc) is 2.65. The number of para-hydroxylation sites is 2. The number of carbonyl (C=O) groups excluding carboxylic acids is 1. The minimum Gasteiger partial charge on any atom is -0.486 e. The lowest BCUT2D eigenvalue weighted by molar-refractivity contribution is 0.0790. The molecule has 1 unspecified atom stereocenters. The maximum absolute atomic E-state index is 12.5. The summed E-state index contributed by atoms with van der Waals surface area (Å²) in [7, 11) is 0. The maximum Gasteiger partial charge on any atom is 0.253 e. The van der Waals surface area contributed by atoms with Crippen molar-refractivity contribution in [2.75, 3.05) is 13.2 Å². The number of nitrogens with zero attached hydrogens (tertiary/aromatic N) is 1. The molecule has 3 aromatic rings. The molecule has 0 bridgehead atoms. The van der Waals surface area contributed by atoms with Crippen LogP contribution in [0.25, 0.3) is 10.8 Å². The first-order chi connectivity index (χ1) is 11.8. The van der Waals surface area contributed by atoms with E-state index in [9.17, 15) is 4.79 Å². The lowest BCUT2D eigenvalue weighted by Crippen LogP contribution is -2.40. The molecule has 0 saturated heterocycles. The molecule has 0 spiro atoms. The first-order valence-corrected chi connectivity index (χ1v) is 7.81. The van der Waals surface area contributed by atoms with Gasteiger partial charge in [0.2, 0.25) is 0 Å². The Labute approximate surface area is 139 Å². The van der Waals surface area contributed by atoms with Crippen molar-refractivity contribution in [2.24, 2.45) is 0 Å². The zero-order valence-corrected chi connectivity index (χ0v) is 12.9. The number of pyridine rings is 1. The summed E-state index contributed by atoms with van der Waals surface area (Å²) in [6.45, 7) is 0.779. The molecule has 4 rings (SSSR count). The Morgan fingerprint density at radius 3 is 2.79 bits per heavy atom. The van der Waals surface area contributed by atoms with E-state index in [0.29, 0.717) is 24.5 Å². The normalized spacial score (nSPS) is 15.9. The van der Waals surface area contributed by atoms with Crippen LogP contribution in [0.5, 0.6) is 11.5 Å². The number of nitrogens with one attached hydrogen (secondary N) is 1. The van der Waals surface area contributed by atoms with E-state index in [0.717, 1.165) is 16.5 Å². The molecule has 5 heteroatoms. The number of hydrogen-bond donors (Lipinski definition) is 1. The number of aromatic nitrogens is 1. The highest BCUT2D eigenvalue weighted by atomic mass is 16.6. The summed E-state index contributed by atoms with van der Waals surface area (Å²) in [5.74, 6) is 1.27. The first-order valence-electron chi connectivity index (χ1n) is 7.81. The minimum atomic E-state index is -0.216. The van der Waals surface area contributed by atoms with Crippen LogP contribution in [-0.4, -0.2) is 30.1 Å². The van der Waals surface area contributed by atoms with E-state index in [2.05, 4.69) is 10.3 Å². The topological polar surface area (TPSA) is 60.5 Å². The average molecular weight is 320 g/mol. The van der Waals surface area contributed by atoms with Crippen LogP contribution < -0.4 is 14.8 Å². The van der Waals surface area contributed by atoms with Gasteiger partial charge in [0.25, 0.3) is 5.91 Å². The van der Waals surface area contributed by atoms with Crippen molar-refractivity contribution in [3.8, 4) is 11.5 Å². The number of amides is 1. The van der Waals surface area contributed by atoms with Crippen molar-refractivity contribution in [1.29, 1.82) is 0 Å². The van der Waals surface area contributed by atoms with E-state index < -0.39 is 0 Å². The Kier molecular flexibility index (Phi) is 3.75. The van der Waals surface area contributed by atoms with Gasteiger partial charge in [-0.15, -0.1) is 0 Å². The van der Waals surface area contributed by atoms with Gasteiger partial charge >= 0.3 is 0 Å². The van der Waals surface area contributed by atoms with E-state index >= 15 is 0 Å². The molecule has 2 aromatic carbocycles. The first kappa shape index (κ1) is 14.5. The molecule has 5 nitrogen and oxygen atoms in total. The van der Waals surface area contributed by atoms with Gasteiger partial charge in [-0.2, -0.15) is 0 Å². The van der Waals surface area contributed by atoms with Crippen LogP contribution >= 0.6 is 0 Å². The maximum atomic E-state index is 12.5.